The van der Waals surface area contributed by atoms with Gasteiger partial charge < -0.3 is 14.8 Å². The summed E-state index contributed by atoms with van der Waals surface area (Å²) in [6.45, 7) is 2.07. The SMILES string of the molecule is OCC1CCCCC1CNCc1cc2ccccc2o1. The monoisotopic (exact) mass is 273 g/mol. The van der Waals surface area contributed by atoms with E-state index in [4.69, 9.17) is 4.42 Å². The molecule has 1 aromatic heterocycles. The van der Waals surface area contributed by atoms with E-state index >= 15 is 0 Å². The summed E-state index contributed by atoms with van der Waals surface area (Å²) in [5.41, 5.74) is 0.954. The molecule has 0 bridgehead atoms. The summed E-state index contributed by atoms with van der Waals surface area (Å²) >= 11 is 0. The van der Waals surface area contributed by atoms with Gasteiger partial charge in [0.05, 0.1) is 6.54 Å². The van der Waals surface area contributed by atoms with Gasteiger partial charge in [0.25, 0.3) is 0 Å². The molecular formula is C17H23NO2. The highest BCUT2D eigenvalue weighted by atomic mass is 16.3. The van der Waals surface area contributed by atoms with Crippen molar-refractivity contribution in [2.45, 2.75) is 32.2 Å². The highest BCUT2D eigenvalue weighted by Gasteiger charge is 2.23. The lowest BCUT2D eigenvalue weighted by atomic mass is 9.79. The first kappa shape index (κ1) is 13.7. The summed E-state index contributed by atoms with van der Waals surface area (Å²) < 4.78 is 5.80. The smallest absolute Gasteiger partial charge is 0.134 e. The third kappa shape index (κ3) is 3.05. The molecular weight excluding hydrogens is 250 g/mol. The largest absolute Gasteiger partial charge is 0.460 e. The first-order chi connectivity index (χ1) is 9.86. The topological polar surface area (TPSA) is 45.4 Å². The molecule has 2 atom stereocenters. The molecule has 2 aromatic rings. The molecule has 1 fully saturated rings. The van der Waals surface area contributed by atoms with Crippen molar-refractivity contribution < 1.29 is 9.52 Å². The van der Waals surface area contributed by atoms with Crippen LogP contribution in [-0.2, 0) is 6.54 Å². The molecule has 1 heterocycles. The molecule has 3 rings (SSSR count). The Morgan fingerprint density at radius 2 is 1.95 bits per heavy atom. The summed E-state index contributed by atoms with van der Waals surface area (Å²) in [7, 11) is 0. The van der Waals surface area contributed by atoms with Crippen molar-refractivity contribution in [2.75, 3.05) is 13.2 Å². The van der Waals surface area contributed by atoms with E-state index in [1.807, 2.05) is 18.2 Å². The zero-order chi connectivity index (χ0) is 13.8. The second kappa shape index (κ2) is 6.42. The number of benzene rings is 1. The molecule has 0 saturated heterocycles. The van der Waals surface area contributed by atoms with Gasteiger partial charge in [0.1, 0.15) is 11.3 Å². The number of hydrogen-bond donors (Lipinski definition) is 2. The van der Waals surface area contributed by atoms with Crippen LogP contribution in [0.15, 0.2) is 34.7 Å². The van der Waals surface area contributed by atoms with Crippen molar-refractivity contribution in [3.63, 3.8) is 0 Å². The number of fused-ring (bicyclic) bond motifs is 1. The fraction of sp³-hybridized carbons (Fsp3) is 0.529. The Morgan fingerprint density at radius 1 is 1.15 bits per heavy atom. The number of para-hydroxylation sites is 1. The lowest BCUT2D eigenvalue weighted by molar-refractivity contribution is 0.132. The molecule has 3 heteroatoms. The van der Waals surface area contributed by atoms with Crippen LogP contribution in [-0.4, -0.2) is 18.3 Å². The van der Waals surface area contributed by atoms with Gasteiger partial charge in [0.15, 0.2) is 0 Å². The molecule has 0 aliphatic heterocycles. The molecule has 2 unspecified atom stereocenters. The van der Waals surface area contributed by atoms with Gasteiger partial charge in [-0.1, -0.05) is 31.0 Å². The van der Waals surface area contributed by atoms with Crippen LogP contribution in [0.25, 0.3) is 11.0 Å². The maximum absolute atomic E-state index is 9.43. The standard InChI is InChI=1S/C17H23NO2/c19-12-15-7-2-1-6-14(15)10-18-11-16-9-13-5-3-4-8-17(13)20-16/h3-5,8-9,14-15,18-19H,1-2,6-7,10-12H2. The second-order valence-electron chi connectivity index (χ2n) is 5.87. The lowest BCUT2D eigenvalue weighted by Gasteiger charge is -2.30. The van der Waals surface area contributed by atoms with Gasteiger partial charge in [-0.25, -0.2) is 0 Å². The van der Waals surface area contributed by atoms with Gasteiger partial charge in [-0.3, -0.25) is 0 Å². The fourth-order valence-electron chi connectivity index (χ4n) is 3.30. The molecule has 0 radical (unpaired) electrons. The first-order valence-corrected chi connectivity index (χ1v) is 7.66. The molecule has 3 nitrogen and oxygen atoms in total. The molecule has 108 valence electrons. The Kier molecular flexibility index (Phi) is 4.38. The van der Waals surface area contributed by atoms with Gasteiger partial charge >= 0.3 is 0 Å². The van der Waals surface area contributed by atoms with Gasteiger partial charge in [0.2, 0.25) is 0 Å². The lowest BCUT2D eigenvalue weighted by Crippen LogP contribution is -2.32. The number of furan rings is 1. The number of aliphatic hydroxyl groups excluding tert-OH is 1. The van der Waals surface area contributed by atoms with E-state index in [2.05, 4.69) is 17.4 Å². The third-order valence-corrected chi connectivity index (χ3v) is 4.48. The van der Waals surface area contributed by atoms with E-state index < -0.39 is 0 Å². The average molecular weight is 273 g/mol. The van der Waals surface area contributed by atoms with Crippen LogP contribution in [0.3, 0.4) is 0 Å². The minimum atomic E-state index is 0.330. The van der Waals surface area contributed by atoms with E-state index in [1.54, 1.807) is 0 Å². The van der Waals surface area contributed by atoms with Crippen LogP contribution in [0.1, 0.15) is 31.4 Å². The Hall–Kier alpha value is -1.32. The van der Waals surface area contributed by atoms with Crippen molar-refractivity contribution in [3.05, 3.63) is 36.1 Å². The molecule has 1 aliphatic rings. The summed E-state index contributed by atoms with van der Waals surface area (Å²) in [5.74, 6) is 2.08. The summed E-state index contributed by atoms with van der Waals surface area (Å²) in [6, 6.07) is 10.2. The molecule has 1 aliphatic carbocycles. The molecule has 0 amide bonds. The number of aliphatic hydroxyl groups is 1. The highest BCUT2D eigenvalue weighted by Crippen LogP contribution is 2.29. The van der Waals surface area contributed by atoms with Crippen molar-refractivity contribution >= 4 is 11.0 Å². The maximum atomic E-state index is 9.43. The predicted molar refractivity (Wildman–Crippen MR) is 80.5 cm³/mol. The fourth-order valence-corrected chi connectivity index (χ4v) is 3.30. The zero-order valence-corrected chi connectivity index (χ0v) is 11.8. The molecule has 20 heavy (non-hydrogen) atoms. The third-order valence-electron chi connectivity index (χ3n) is 4.48. The highest BCUT2D eigenvalue weighted by molar-refractivity contribution is 5.77. The summed E-state index contributed by atoms with van der Waals surface area (Å²) in [4.78, 5) is 0. The summed E-state index contributed by atoms with van der Waals surface area (Å²) in [5, 5.41) is 14.1. The van der Waals surface area contributed by atoms with Crippen molar-refractivity contribution in [2.24, 2.45) is 11.8 Å². The Morgan fingerprint density at radius 3 is 2.75 bits per heavy atom. The van der Waals surface area contributed by atoms with E-state index in [0.717, 1.165) is 29.8 Å². The predicted octanol–water partition coefficient (Wildman–Crippen LogP) is 3.32. The van der Waals surface area contributed by atoms with Gasteiger partial charge in [-0.15, -0.1) is 0 Å². The number of nitrogens with one attached hydrogen (secondary N) is 1. The van der Waals surface area contributed by atoms with E-state index in [1.165, 1.54) is 25.7 Å². The molecule has 1 saturated carbocycles. The van der Waals surface area contributed by atoms with Crippen molar-refractivity contribution in [1.29, 1.82) is 0 Å². The average Bonchev–Trinajstić information content (AvgIpc) is 2.90. The van der Waals surface area contributed by atoms with Crippen molar-refractivity contribution in [1.82, 2.24) is 5.32 Å². The van der Waals surface area contributed by atoms with E-state index in [-0.39, 0.29) is 0 Å². The second-order valence-corrected chi connectivity index (χ2v) is 5.87. The Labute approximate surface area is 120 Å². The first-order valence-electron chi connectivity index (χ1n) is 7.66. The van der Waals surface area contributed by atoms with Crippen LogP contribution in [0.4, 0.5) is 0 Å². The van der Waals surface area contributed by atoms with Crippen LogP contribution >= 0.6 is 0 Å². The summed E-state index contributed by atoms with van der Waals surface area (Å²) in [6.07, 6.45) is 4.98. The Balaban J connectivity index is 1.54. The van der Waals surface area contributed by atoms with Crippen molar-refractivity contribution in [3.8, 4) is 0 Å². The normalized spacial score (nSPS) is 23.2. The number of rotatable bonds is 5. The van der Waals surface area contributed by atoms with Gasteiger partial charge in [-0.05, 0) is 43.4 Å². The van der Waals surface area contributed by atoms with Crippen LogP contribution in [0.2, 0.25) is 0 Å². The quantitative estimate of drug-likeness (QED) is 0.878. The van der Waals surface area contributed by atoms with Crippen LogP contribution in [0.5, 0.6) is 0 Å². The number of hydrogen-bond acceptors (Lipinski definition) is 3. The minimum Gasteiger partial charge on any atom is -0.460 e. The Bertz CT molecular complexity index is 516. The van der Waals surface area contributed by atoms with Crippen LogP contribution in [0, 0.1) is 11.8 Å². The van der Waals surface area contributed by atoms with Gasteiger partial charge in [-0.2, -0.15) is 0 Å². The molecule has 1 aromatic carbocycles. The minimum absolute atomic E-state index is 0.330. The molecule has 2 N–H and O–H groups in total. The van der Waals surface area contributed by atoms with Gasteiger partial charge in [0, 0.05) is 12.0 Å². The molecule has 0 spiro atoms. The van der Waals surface area contributed by atoms with E-state index in [0.29, 0.717) is 18.4 Å². The zero-order valence-electron chi connectivity index (χ0n) is 11.8. The van der Waals surface area contributed by atoms with E-state index in [9.17, 15) is 5.11 Å². The van der Waals surface area contributed by atoms with Crippen LogP contribution < -0.4 is 5.32 Å². The maximum Gasteiger partial charge on any atom is 0.134 e.